The molecule has 0 fully saturated rings. The summed E-state index contributed by atoms with van der Waals surface area (Å²) in [5.41, 5.74) is 1.13. The first-order valence-electron chi connectivity index (χ1n) is 5.81. The van der Waals surface area contributed by atoms with Crippen molar-refractivity contribution in [3.8, 4) is 0 Å². The summed E-state index contributed by atoms with van der Waals surface area (Å²) in [7, 11) is 0. The highest BCUT2D eigenvalue weighted by Crippen LogP contribution is 2.18. The molecule has 1 aromatic rings. The first-order chi connectivity index (χ1) is 7.13. The van der Waals surface area contributed by atoms with Crippen molar-refractivity contribution in [3.05, 3.63) is 16.1 Å². The van der Waals surface area contributed by atoms with Crippen LogP contribution in [0.4, 0.5) is 0 Å². The Balaban J connectivity index is 2.38. The highest BCUT2D eigenvalue weighted by molar-refractivity contribution is 7.09. The second-order valence-corrected chi connectivity index (χ2v) is 5.15. The van der Waals surface area contributed by atoms with Crippen LogP contribution in [0, 0.1) is 6.92 Å². The van der Waals surface area contributed by atoms with Crippen LogP contribution in [0.3, 0.4) is 0 Å². The van der Waals surface area contributed by atoms with Crippen molar-refractivity contribution in [2.45, 2.75) is 59.0 Å². The van der Waals surface area contributed by atoms with Gasteiger partial charge < -0.3 is 5.32 Å². The molecule has 0 amide bonds. The molecular formula is C12H22N2S. The van der Waals surface area contributed by atoms with Crippen LogP contribution in [0.15, 0.2) is 5.38 Å². The van der Waals surface area contributed by atoms with Crippen molar-refractivity contribution in [1.82, 2.24) is 10.3 Å². The van der Waals surface area contributed by atoms with Gasteiger partial charge in [0.1, 0.15) is 5.01 Å². The van der Waals surface area contributed by atoms with Gasteiger partial charge in [-0.15, -0.1) is 11.3 Å². The maximum atomic E-state index is 4.50. The predicted octanol–water partition coefficient (Wildman–Crippen LogP) is 3.68. The van der Waals surface area contributed by atoms with E-state index in [1.807, 2.05) is 6.92 Å². The van der Waals surface area contributed by atoms with Crippen molar-refractivity contribution in [2.75, 3.05) is 0 Å². The first-order valence-corrected chi connectivity index (χ1v) is 6.69. The van der Waals surface area contributed by atoms with E-state index in [0.29, 0.717) is 12.1 Å². The van der Waals surface area contributed by atoms with Crippen molar-refractivity contribution in [3.63, 3.8) is 0 Å². The van der Waals surface area contributed by atoms with Gasteiger partial charge in [0.25, 0.3) is 0 Å². The number of aromatic nitrogens is 1. The number of thiazole rings is 1. The molecule has 0 bridgehead atoms. The molecule has 1 heterocycles. The van der Waals surface area contributed by atoms with E-state index < -0.39 is 0 Å². The average molecular weight is 226 g/mol. The fraction of sp³-hybridized carbons (Fsp3) is 0.750. The van der Waals surface area contributed by atoms with Gasteiger partial charge in [0.05, 0.1) is 6.04 Å². The molecule has 2 unspecified atom stereocenters. The van der Waals surface area contributed by atoms with Gasteiger partial charge in [0, 0.05) is 17.1 Å². The van der Waals surface area contributed by atoms with E-state index in [1.54, 1.807) is 11.3 Å². The number of aryl methyl sites for hydroxylation is 1. The fourth-order valence-corrected chi connectivity index (χ4v) is 2.48. The lowest BCUT2D eigenvalue weighted by Crippen LogP contribution is -2.28. The molecule has 1 aromatic heterocycles. The van der Waals surface area contributed by atoms with Crippen LogP contribution in [0.2, 0.25) is 0 Å². The second-order valence-electron chi connectivity index (χ2n) is 4.26. The Bertz CT molecular complexity index is 283. The Morgan fingerprint density at radius 2 is 2.20 bits per heavy atom. The van der Waals surface area contributed by atoms with E-state index in [0.717, 1.165) is 5.69 Å². The zero-order valence-electron chi connectivity index (χ0n) is 10.2. The molecule has 0 saturated carbocycles. The zero-order chi connectivity index (χ0) is 11.3. The molecule has 0 spiro atoms. The van der Waals surface area contributed by atoms with Crippen molar-refractivity contribution < 1.29 is 0 Å². The summed E-state index contributed by atoms with van der Waals surface area (Å²) in [4.78, 5) is 4.50. The second kappa shape index (κ2) is 6.23. The third-order valence-corrected chi connectivity index (χ3v) is 3.68. The van der Waals surface area contributed by atoms with E-state index >= 15 is 0 Å². The summed E-state index contributed by atoms with van der Waals surface area (Å²) in [6.07, 6.45) is 3.83. The summed E-state index contributed by atoms with van der Waals surface area (Å²) in [5, 5.41) is 6.91. The van der Waals surface area contributed by atoms with Gasteiger partial charge in [0.15, 0.2) is 0 Å². The third-order valence-electron chi connectivity index (χ3n) is 2.53. The molecule has 1 rings (SSSR count). The minimum atomic E-state index is 0.385. The number of nitrogens with zero attached hydrogens (tertiary/aromatic N) is 1. The Labute approximate surface area is 97.1 Å². The lowest BCUT2D eigenvalue weighted by Gasteiger charge is -2.18. The van der Waals surface area contributed by atoms with E-state index in [2.05, 4.69) is 36.5 Å². The van der Waals surface area contributed by atoms with Gasteiger partial charge in [-0.2, -0.15) is 0 Å². The van der Waals surface area contributed by atoms with Gasteiger partial charge in [0.2, 0.25) is 0 Å². The molecule has 3 heteroatoms. The standard InChI is InChI=1S/C12H22N2S/c1-5-6-7-9(2)13-11(4)12-14-10(3)8-15-12/h8-9,11,13H,5-7H2,1-4H3. The van der Waals surface area contributed by atoms with Gasteiger partial charge in [-0.3, -0.25) is 0 Å². The summed E-state index contributed by atoms with van der Waals surface area (Å²) in [6, 6.07) is 0.972. The van der Waals surface area contributed by atoms with Crippen LogP contribution in [0.5, 0.6) is 0 Å². The first kappa shape index (κ1) is 12.7. The van der Waals surface area contributed by atoms with Crippen molar-refractivity contribution >= 4 is 11.3 Å². The number of nitrogens with one attached hydrogen (secondary N) is 1. The number of unbranched alkanes of at least 4 members (excludes halogenated alkanes) is 1. The van der Waals surface area contributed by atoms with Crippen molar-refractivity contribution in [1.29, 1.82) is 0 Å². The van der Waals surface area contributed by atoms with Crippen LogP contribution in [0.1, 0.15) is 56.8 Å². The molecule has 0 aromatic carbocycles. The van der Waals surface area contributed by atoms with E-state index in [4.69, 9.17) is 0 Å². The lowest BCUT2D eigenvalue weighted by atomic mass is 10.1. The topological polar surface area (TPSA) is 24.9 Å². The van der Waals surface area contributed by atoms with Crippen LogP contribution < -0.4 is 5.32 Å². The Morgan fingerprint density at radius 1 is 1.47 bits per heavy atom. The molecule has 1 N–H and O–H groups in total. The average Bonchev–Trinajstić information content (AvgIpc) is 2.61. The van der Waals surface area contributed by atoms with E-state index in [9.17, 15) is 0 Å². The van der Waals surface area contributed by atoms with Gasteiger partial charge in [-0.05, 0) is 27.2 Å². The summed E-state index contributed by atoms with van der Waals surface area (Å²) in [5.74, 6) is 0. The Kier molecular flexibility index (Phi) is 5.26. The van der Waals surface area contributed by atoms with Gasteiger partial charge in [-0.25, -0.2) is 4.98 Å². The molecule has 0 radical (unpaired) electrons. The maximum Gasteiger partial charge on any atom is 0.110 e. The number of hydrogen-bond acceptors (Lipinski definition) is 3. The Hall–Kier alpha value is -0.410. The lowest BCUT2D eigenvalue weighted by molar-refractivity contribution is 0.443. The maximum absolute atomic E-state index is 4.50. The predicted molar refractivity (Wildman–Crippen MR) is 67.4 cm³/mol. The fourth-order valence-electron chi connectivity index (χ4n) is 1.66. The van der Waals surface area contributed by atoms with Crippen LogP contribution >= 0.6 is 11.3 Å². The van der Waals surface area contributed by atoms with Crippen LogP contribution in [-0.4, -0.2) is 11.0 Å². The number of rotatable bonds is 6. The highest BCUT2D eigenvalue weighted by Gasteiger charge is 2.11. The molecule has 2 nitrogen and oxygen atoms in total. The molecule has 15 heavy (non-hydrogen) atoms. The zero-order valence-corrected chi connectivity index (χ0v) is 11.0. The smallest absolute Gasteiger partial charge is 0.110 e. The SMILES string of the molecule is CCCCC(C)NC(C)c1nc(C)cs1. The Morgan fingerprint density at radius 3 is 2.73 bits per heavy atom. The summed E-state index contributed by atoms with van der Waals surface area (Å²) in [6.45, 7) is 8.74. The molecule has 2 atom stereocenters. The molecule has 86 valence electrons. The highest BCUT2D eigenvalue weighted by atomic mass is 32.1. The van der Waals surface area contributed by atoms with Gasteiger partial charge >= 0.3 is 0 Å². The monoisotopic (exact) mass is 226 g/mol. The minimum Gasteiger partial charge on any atom is -0.306 e. The van der Waals surface area contributed by atoms with E-state index in [1.165, 1.54) is 24.3 Å². The quantitative estimate of drug-likeness (QED) is 0.800. The molecular weight excluding hydrogens is 204 g/mol. The normalized spacial score (nSPS) is 15.2. The number of hydrogen-bond donors (Lipinski definition) is 1. The van der Waals surface area contributed by atoms with Crippen LogP contribution in [-0.2, 0) is 0 Å². The largest absolute Gasteiger partial charge is 0.306 e. The molecule has 0 saturated heterocycles. The third kappa shape index (κ3) is 4.31. The molecule has 0 aliphatic rings. The minimum absolute atomic E-state index is 0.385. The van der Waals surface area contributed by atoms with E-state index in [-0.39, 0.29) is 0 Å². The van der Waals surface area contributed by atoms with Crippen LogP contribution in [0.25, 0.3) is 0 Å². The van der Waals surface area contributed by atoms with Crippen molar-refractivity contribution in [2.24, 2.45) is 0 Å². The summed E-state index contributed by atoms with van der Waals surface area (Å²) < 4.78 is 0. The van der Waals surface area contributed by atoms with Gasteiger partial charge in [-0.1, -0.05) is 19.8 Å². The molecule has 0 aliphatic heterocycles. The summed E-state index contributed by atoms with van der Waals surface area (Å²) >= 11 is 1.75. The molecule has 0 aliphatic carbocycles.